The summed E-state index contributed by atoms with van der Waals surface area (Å²) in [6.07, 6.45) is 0.561. The highest BCUT2D eigenvalue weighted by Crippen LogP contribution is 2.23. The van der Waals surface area contributed by atoms with E-state index < -0.39 is 12.1 Å². The number of nitrogens with zero attached hydrogens (tertiary/aromatic N) is 2. The Morgan fingerprint density at radius 2 is 1.57 bits per heavy atom. The molecule has 0 aliphatic heterocycles. The van der Waals surface area contributed by atoms with E-state index in [9.17, 15) is 14.4 Å². The van der Waals surface area contributed by atoms with E-state index in [-0.39, 0.29) is 48.1 Å². The van der Waals surface area contributed by atoms with Crippen molar-refractivity contribution in [2.45, 2.75) is 78.6 Å². The van der Waals surface area contributed by atoms with Crippen LogP contribution in [-0.2, 0) is 19.1 Å². The lowest BCUT2D eigenvalue weighted by molar-refractivity contribution is -0.144. The number of amides is 3. The van der Waals surface area contributed by atoms with E-state index in [4.69, 9.17) is 4.74 Å². The Balaban J connectivity index is 5.70. The molecular weight excluding hydrogens is 384 g/mol. The molecule has 0 fully saturated rings. The smallest absolute Gasteiger partial charge is 0.245 e. The molecule has 0 saturated heterocycles. The van der Waals surface area contributed by atoms with Crippen molar-refractivity contribution in [2.24, 2.45) is 11.8 Å². The highest BCUT2D eigenvalue weighted by Gasteiger charge is 2.37. The van der Waals surface area contributed by atoms with Gasteiger partial charge in [0.05, 0.1) is 24.6 Å². The van der Waals surface area contributed by atoms with E-state index in [0.29, 0.717) is 6.54 Å². The van der Waals surface area contributed by atoms with Crippen LogP contribution in [0.5, 0.6) is 0 Å². The average Bonchev–Trinajstić information content (AvgIpc) is 2.69. The lowest BCUT2D eigenvalue weighted by Gasteiger charge is -2.40. The Bertz CT molecular complexity index is 553. The van der Waals surface area contributed by atoms with Crippen molar-refractivity contribution in [3.63, 3.8) is 0 Å². The van der Waals surface area contributed by atoms with Crippen LogP contribution in [0.15, 0.2) is 0 Å². The van der Waals surface area contributed by atoms with E-state index in [1.165, 1.54) is 0 Å². The minimum atomic E-state index is -0.654. The first-order chi connectivity index (χ1) is 13.9. The molecule has 0 rings (SSSR count). The number of hydrogen-bond donors (Lipinski definition) is 2. The van der Waals surface area contributed by atoms with Crippen molar-refractivity contribution < 1.29 is 19.1 Å². The molecule has 0 bridgehead atoms. The third-order valence-electron chi connectivity index (χ3n) is 5.85. The van der Waals surface area contributed by atoms with Crippen molar-refractivity contribution in [3.05, 3.63) is 0 Å². The minimum Gasteiger partial charge on any atom is -0.379 e. The van der Waals surface area contributed by atoms with E-state index in [1.54, 1.807) is 30.9 Å². The summed E-state index contributed by atoms with van der Waals surface area (Å²) in [6, 6.07) is -1.29. The Kier molecular flexibility index (Phi) is 12.8. The maximum Gasteiger partial charge on any atom is 0.245 e. The molecule has 0 spiro atoms. The zero-order valence-corrected chi connectivity index (χ0v) is 20.6. The number of nitrogens with one attached hydrogen (secondary N) is 2. The maximum absolute atomic E-state index is 13.4. The Hall–Kier alpha value is -1.67. The molecular formula is C22H44N4O4. The molecule has 0 aromatic heterocycles. The number of carbonyl (C=O) groups is 3. The van der Waals surface area contributed by atoms with Crippen LogP contribution in [0.3, 0.4) is 0 Å². The standard InChI is InChI=1S/C22H44N4O4/c1-11-15(5)20(17(30-10)13-18(27)23-12-2)26(9)22(29)19(14(3)4)24-21(28)16(6)25(7)8/h14-17,19-20H,11-13H2,1-10H3,(H,23,27)(H,24,28)/t15-,16-,17+,19-,20-/m0/s1. The van der Waals surface area contributed by atoms with Gasteiger partial charge in [-0.2, -0.15) is 0 Å². The summed E-state index contributed by atoms with van der Waals surface area (Å²) in [6.45, 7) is 12.1. The van der Waals surface area contributed by atoms with Gasteiger partial charge in [-0.15, -0.1) is 0 Å². The minimum absolute atomic E-state index is 0.0831. The molecule has 0 aromatic carbocycles. The number of hydrogen-bond acceptors (Lipinski definition) is 5. The SMILES string of the molecule is CCNC(=O)C[C@@H](OC)[C@H]([C@@H](C)CC)N(C)C(=O)[C@@H](NC(=O)[C@H](C)N(C)C)C(C)C. The zero-order chi connectivity index (χ0) is 23.6. The van der Waals surface area contributed by atoms with E-state index in [2.05, 4.69) is 24.5 Å². The van der Waals surface area contributed by atoms with Crippen molar-refractivity contribution in [1.82, 2.24) is 20.4 Å². The number of carbonyl (C=O) groups excluding carboxylic acids is 3. The monoisotopic (exact) mass is 428 g/mol. The average molecular weight is 429 g/mol. The van der Waals surface area contributed by atoms with Gasteiger partial charge in [0.2, 0.25) is 17.7 Å². The van der Waals surface area contributed by atoms with Crippen molar-refractivity contribution in [2.75, 3.05) is 34.8 Å². The lowest BCUT2D eigenvalue weighted by atomic mass is 9.90. The summed E-state index contributed by atoms with van der Waals surface area (Å²) in [4.78, 5) is 41.7. The molecule has 0 aliphatic rings. The summed E-state index contributed by atoms with van der Waals surface area (Å²) in [5, 5.41) is 5.71. The molecule has 8 nitrogen and oxygen atoms in total. The third kappa shape index (κ3) is 8.22. The second-order valence-corrected chi connectivity index (χ2v) is 8.63. The zero-order valence-electron chi connectivity index (χ0n) is 20.6. The summed E-state index contributed by atoms with van der Waals surface area (Å²) >= 11 is 0. The summed E-state index contributed by atoms with van der Waals surface area (Å²) < 4.78 is 5.67. The van der Waals surface area contributed by atoms with Crippen molar-refractivity contribution >= 4 is 17.7 Å². The Labute approximate surface area is 183 Å². The maximum atomic E-state index is 13.4. The van der Waals surface area contributed by atoms with Crippen LogP contribution in [-0.4, -0.2) is 86.5 Å². The second-order valence-electron chi connectivity index (χ2n) is 8.63. The predicted octanol–water partition coefficient (Wildman–Crippen LogP) is 1.49. The van der Waals surface area contributed by atoms with Crippen LogP contribution < -0.4 is 10.6 Å². The van der Waals surface area contributed by atoms with E-state index in [1.807, 2.05) is 34.9 Å². The predicted molar refractivity (Wildman–Crippen MR) is 120 cm³/mol. The van der Waals surface area contributed by atoms with Crippen molar-refractivity contribution in [3.8, 4) is 0 Å². The third-order valence-corrected chi connectivity index (χ3v) is 5.85. The molecule has 0 aliphatic carbocycles. The molecule has 5 atom stereocenters. The number of likely N-dealkylation sites (N-methyl/N-ethyl adjacent to an activating group) is 2. The summed E-state index contributed by atoms with van der Waals surface area (Å²) in [5.74, 6) is -0.437. The number of methoxy groups -OCH3 is 1. The molecule has 30 heavy (non-hydrogen) atoms. The highest BCUT2D eigenvalue weighted by atomic mass is 16.5. The summed E-state index contributed by atoms with van der Waals surface area (Å²) in [7, 11) is 6.95. The van der Waals surface area contributed by atoms with Gasteiger partial charge in [-0.3, -0.25) is 19.3 Å². The van der Waals surface area contributed by atoms with Crippen LogP contribution in [0.4, 0.5) is 0 Å². The fourth-order valence-corrected chi connectivity index (χ4v) is 3.42. The van der Waals surface area contributed by atoms with Gasteiger partial charge in [0.1, 0.15) is 6.04 Å². The Morgan fingerprint density at radius 3 is 1.97 bits per heavy atom. The molecule has 0 saturated carbocycles. The number of rotatable bonds is 13. The largest absolute Gasteiger partial charge is 0.379 e. The fourth-order valence-electron chi connectivity index (χ4n) is 3.42. The van der Waals surface area contributed by atoms with Gasteiger partial charge in [-0.05, 0) is 39.8 Å². The normalized spacial score (nSPS) is 16.5. The molecule has 0 heterocycles. The van der Waals surface area contributed by atoms with Gasteiger partial charge in [0.25, 0.3) is 0 Å². The lowest BCUT2D eigenvalue weighted by Crippen LogP contribution is -2.58. The number of ether oxygens (including phenoxy) is 1. The van der Waals surface area contributed by atoms with Crippen LogP contribution >= 0.6 is 0 Å². The van der Waals surface area contributed by atoms with E-state index >= 15 is 0 Å². The van der Waals surface area contributed by atoms with Crippen LogP contribution in [0.1, 0.15) is 54.4 Å². The first-order valence-corrected chi connectivity index (χ1v) is 11.0. The van der Waals surface area contributed by atoms with Gasteiger partial charge in [-0.25, -0.2) is 0 Å². The first-order valence-electron chi connectivity index (χ1n) is 11.0. The van der Waals surface area contributed by atoms with Crippen molar-refractivity contribution in [1.29, 1.82) is 0 Å². The fraction of sp³-hybridized carbons (Fsp3) is 0.864. The van der Waals surface area contributed by atoms with Gasteiger partial charge in [0, 0.05) is 20.7 Å². The van der Waals surface area contributed by atoms with Gasteiger partial charge < -0.3 is 20.3 Å². The second kappa shape index (κ2) is 13.6. The molecule has 8 heteroatoms. The van der Waals surface area contributed by atoms with Crippen LogP contribution in [0, 0.1) is 11.8 Å². The molecule has 0 unspecified atom stereocenters. The first kappa shape index (κ1) is 28.3. The highest BCUT2D eigenvalue weighted by molar-refractivity contribution is 5.90. The van der Waals surface area contributed by atoms with Crippen LogP contribution in [0.2, 0.25) is 0 Å². The quantitative estimate of drug-likeness (QED) is 0.464. The van der Waals surface area contributed by atoms with E-state index in [0.717, 1.165) is 6.42 Å². The molecule has 0 radical (unpaired) electrons. The van der Waals surface area contributed by atoms with Crippen LogP contribution in [0.25, 0.3) is 0 Å². The molecule has 0 aromatic rings. The Morgan fingerprint density at radius 1 is 1.00 bits per heavy atom. The topological polar surface area (TPSA) is 91.0 Å². The van der Waals surface area contributed by atoms with Gasteiger partial charge in [-0.1, -0.05) is 34.1 Å². The summed E-state index contributed by atoms with van der Waals surface area (Å²) in [5.41, 5.74) is 0. The van der Waals surface area contributed by atoms with Gasteiger partial charge >= 0.3 is 0 Å². The van der Waals surface area contributed by atoms with Gasteiger partial charge in [0.15, 0.2) is 0 Å². The molecule has 3 amide bonds. The molecule has 2 N–H and O–H groups in total. The molecule has 176 valence electrons.